The van der Waals surface area contributed by atoms with E-state index in [1.54, 1.807) is 0 Å². The zero-order valence-corrected chi connectivity index (χ0v) is 9.63. The Labute approximate surface area is 87.2 Å². The number of hydrogen-bond acceptors (Lipinski definition) is 1. The molecule has 0 aliphatic heterocycles. The maximum absolute atomic E-state index is 10.3. The number of rotatable bonds is 5. The lowest BCUT2D eigenvalue weighted by Gasteiger charge is -1.96. The Morgan fingerprint density at radius 1 is 1.07 bits per heavy atom. The molecule has 0 spiro atoms. The molecule has 0 saturated carbocycles. The van der Waals surface area contributed by atoms with Crippen LogP contribution in [0.5, 0.6) is 0 Å². The highest BCUT2D eigenvalue weighted by Crippen LogP contribution is 2.07. The first kappa shape index (κ1) is 12.9. The van der Waals surface area contributed by atoms with Crippen LogP contribution in [0.3, 0.4) is 0 Å². The summed E-state index contributed by atoms with van der Waals surface area (Å²) in [7, 11) is 0. The quantitative estimate of drug-likeness (QED) is 0.280. The molecule has 0 heterocycles. The van der Waals surface area contributed by atoms with Gasteiger partial charge in [-0.1, -0.05) is 29.4 Å². The highest BCUT2D eigenvalue weighted by atomic mass is 16.1. The minimum atomic E-state index is 0.770. The first-order valence-electron chi connectivity index (χ1n) is 4.99. The fourth-order valence-electron chi connectivity index (χ4n) is 0.985. The molecular weight excluding hydrogens is 172 g/mol. The summed E-state index contributed by atoms with van der Waals surface area (Å²) in [6, 6.07) is 0. The van der Waals surface area contributed by atoms with Gasteiger partial charge in [0.15, 0.2) is 0 Å². The van der Waals surface area contributed by atoms with E-state index < -0.39 is 0 Å². The maximum atomic E-state index is 10.3. The zero-order valence-electron chi connectivity index (χ0n) is 9.63. The third-order valence-corrected chi connectivity index (χ3v) is 1.91. The molecule has 0 radical (unpaired) electrons. The fourth-order valence-corrected chi connectivity index (χ4v) is 0.985. The Morgan fingerprint density at radius 2 is 1.71 bits per heavy atom. The van der Waals surface area contributed by atoms with E-state index in [4.69, 9.17) is 0 Å². The molecule has 0 N–H and O–H groups in total. The van der Waals surface area contributed by atoms with Crippen molar-refractivity contribution in [3.63, 3.8) is 0 Å². The second-order valence-corrected chi connectivity index (χ2v) is 3.86. The Morgan fingerprint density at radius 3 is 2.21 bits per heavy atom. The average Bonchev–Trinajstić information content (AvgIpc) is 2.13. The van der Waals surface area contributed by atoms with Crippen molar-refractivity contribution >= 4 is 6.29 Å². The molecule has 0 saturated heterocycles. The van der Waals surface area contributed by atoms with Crippen LogP contribution in [0, 0.1) is 0 Å². The fraction of sp³-hybridized carbons (Fsp3) is 0.462. The van der Waals surface area contributed by atoms with Gasteiger partial charge in [-0.3, -0.25) is 4.79 Å². The molecule has 1 nitrogen and oxygen atoms in total. The van der Waals surface area contributed by atoms with E-state index in [2.05, 4.69) is 26.8 Å². The molecule has 0 atom stereocenters. The molecule has 1 heteroatoms. The summed E-state index contributed by atoms with van der Waals surface area (Å²) in [5.41, 5.74) is 3.44. The van der Waals surface area contributed by atoms with Crippen molar-refractivity contribution in [2.24, 2.45) is 0 Å². The third kappa shape index (κ3) is 7.53. The summed E-state index contributed by atoms with van der Waals surface area (Å²) in [5, 5.41) is 0. The second kappa shape index (κ2) is 7.31. The summed E-state index contributed by atoms with van der Waals surface area (Å²) < 4.78 is 0. The largest absolute Gasteiger partial charge is 0.298 e. The van der Waals surface area contributed by atoms with Gasteiger partial charge in [0.1, 0.15) is 6.29 Å². The second-order valence-electron chi connectivity index (χ2n) is 3.86. The molecule has 0 amide bonds. The molecule has 0 unspecified atom stereocenters. The van der Waals surface area contributed by atoms with Crippen LogP contribution in [0.25, 0.3) is 0 Å². The monoisotopic (exact) mass is 192 g/mol. The first-order valence-corrected chi connectivity index (χ1v) is 4.99. The zero-order chi connectivity index (χ0) is 11.0. The van der Waals surface area contributed by atoms with E-state index >= 15 is 0 Å². The number of carbonyl (C=O) groups is 1. The Kier molecular flexibility index (Phi) is 6.73. The van der Waals surface area contributed by atoms with E-state index in [-0.39, 0.29) is 0 Å². The molecule has 0 aliphatic rings. The Balaban J connectivity index is 4.02. The first-order chi connectivity index (χ1) is 6.56. The number of hydrogen-bond donors (Lipinski definition) is 0. The van der Waals surface area contributed by atoms with E-state index in [0.29, 0.717) is 0 Å². The molecule has 78 valence electrons. The number of aldehydes is 1. The predicted molar refractivity (Wildman–Crippen MR) is 62.2 cm³/mol. The molecule has 0 aromatic rings. The molecule has 14 heavy (non-hydrogen) atoms. The lowest BCUT2D eigenvalue weighted by atomic mass is 10.1. The summed E-state index contributed by atoms with van der Waals surface area (Å²) in [5.74, 6) is 0. The number of allylic oxidation sites excluding steroid dienone is 6. The summed E-state index contributed by atoms with van der Waals surface area (Å²) >= 11 is 0. The van der Waals surface area contributed by atoms with Crippen molar-refractivity contribution in [1.82, 2.24) is 0 Å². The molecule has 0 aromatic heterocycles. The molecule has 0 fully saturated rings. The van der Waals surface area contributed by atoms with Gasteiger partial charge in [-0.2, -0.15) is 0 Å². The summed E-state index contributed by atoms with van der Waals surface area (Å²) in [6.45, 7) is 8.12. The van der Waals surface area contributed by atoms with Crippen molar-refractivity contribution in [2.75, 3.05) is 0 Å². The SMILES string of the molecule is CC(C)=CCCC(C)=CC=C(C)C=O. The van der Waals surface area contributed by atoms with Gasteiger partial charge in [-0.25, -0.2) is 0 Å². The van der Waals surface area contributed by atoms with Crippen molar-refractivity contribution in [3.05, 3.63) is 34.9 Å². The van der Waals surface area contributed by atoms with E-state index in [1.807, 2.05) is 19.1 Å². The van der Waals surface area contributed by atoms with Crippen LogP contribution in [0.2, 0.25) is 0 Å². The molecule has 0 aliphatic carbocycles. The van der Waals surface area contributed by atoms with Gasteiger partial charge < -0.3 is 0 Å². The van der Waals surface area contributed by atoms with Gasteiger partial charge in [0, 0.05) is 0 Å². The molecule has 0 aromatic carbocycles. The van der Waals surface area contributed by atoms with Crippen LogP contribution < -0.4 is 0 Å². The van der Waals surface area contributed by atoms with Crippen molar-refractivity contribution in [1.29, 1.82) is 0 Å². The van der Waals surface area contributed by atoms with Crippen molar-refractivity contribution in [3.8, 4) is 0 Å². The normalized spacial score (nSPS) is 12.6. The van der Waals surface area contributed by atoms with Crippen LogP contribution >= 0.6 is 0 Å². The minimum absolute atomic E-state index is 0.770. The van der Waals surface area contributed by atoms with E-state index in [9.17, 15) is 4.79 Å². The Bertz CT molecular complexity index is 263. The lowest BCUT2D eigenvalue weighted by Crippen LogP contribution is -1.78. The van der Waals surface area contributed by atoms with Gasteiger partial charge in [-0.05, 0) is 46.1 Å². The molecule has 0 bridgehead atoms. The lowest BCUT2D eigenvalue weighted by molar-refractivity contribution is -0.104. The molecular formula is C13H20O. The van der Waals surface area contributed by atoms with Crippen molar-refractivity contribution in [2.45, 2.75) is 40.5 Å². The Hall–Kier alpha value is -1.11. The number of carbonyl (C=O) groups excluding carboxylic acids is 1. The maximum Gasteiger partial charge on any atom is 0.145 e. The van der Waals surface area contributed by atoms with Crippen LogP contribution in [0.15, 0.2) is 34.9 Å². The van der Waals surface area contributed by atoms with Crippen LogP contribution in [-0.4, -0.2) is 6.29 Å². The minimum Gasteiger partial charge on any atom is -0.298 e. The van der Waals surface area contributed by atoms with Crippen LogP contribution in [-0.2, 0) is 4.79 Å². The van der Waals surface area contributed by atoms with Crippen molar-refractivity contribution < 1.29 is 4.79 Å². The standard InChI is InChI=1S/C13H20O/c1-11(2)6-5-7-12(3)8-9-13(4)10-14/h6,8-10H,5,7H2,1-4H3. The van der Waals surface area contributed by atoms with Gasteiger partial charge in [0.2, 0.25) is 0 Å². The van der Waals surface area contributed by atoms with Gasteiger partial charge >= 0.3 is 0 Å². The highest BCUT2D eigenvalue weighted by Gasteiger charge is 1.87. The van der Waals surface area contributed by atoms with Gasteiger partial charge in [0.05, 0.1) is 0 Å². The van der Waals surface area contributed by atoms with Gasteiger partial charge in [0.25, 0.3) is 0 Å². The van der Waals surface area contributed by atoms with Gasteiger partial charge in [-0.15, -0.1) is 0 Å². The smallest absolute Gasteiger partial charge is 0.145 e. The molecule has 0 rings (SSSR count). The van der Waals surface area contributed by atoms with E-state index in [1.165, 1.54) is 11.1 Å². The summed E-state index contributed by atoms with van der Waals surface area (Å²) in [4.78, 5) is 10.3. The topological polar surface area (TPSA) is 17.1 Å². The summed E-state index contributed by atoms with van der Waals surface area (Å²) in [6.07, 6.45) is 9.13. The van der Waals surface area contributed by atoms with E-state index in [0.717, 1.165) is 24.7 Å². The van der Waals surface area contributed by atoms with Crippen LogP contribution in [0.1, 0.15) is 40.5 Å². The highest BCUT2D eigenvalue weighted by molar-refractivity contribution is 5.72. The third-order valence-electron chi connectivity index (χ3n) is 1.91. The van der Waals surface area contributed by atoms with Crippen LogP contribution in [0.4, 0.5) is 0 Å². The average molecular weight is 192 g/mol. The predicted octanol–water partition coefficient (Wildman–Crippen LogP) is 3.82.